The smallest absolute Gasteiger partial charge is 0.337 e. The minimum atomic E-state index is -1.05. The van der Waals surface area contributed by atoms with E-state index >= 15 is 0 Å². The van der Waals surface area contributed by atoms with E-state index in [-0.39, 0.29) is 11.5 Å². The number of benzene rings is 1. The third-order valence-corrected chi connectivity index (χ3v) is 4.08. The summed E-state index contributed by atoms with van der Waals surface area (Å²) in [7, 11) is 0. The average molecular weight is 276 g/mol. The number of aromatic carboxylic acids is 1. The monoisotopic (exact) mass is 276 g/mol. The number of nitrogens with one attached hydrogen (secondary N) is 2. The summed E-state index contributed by atoms with van der Waals surface area (Å²) >= 11 is 0. The van der Waals surface area contributed by atoms with Crippen LogP contribution in [-0.2, 0) is 9.53 Å². The molecular weight excluding hydrogens is 260 g/mol. The van der Waals surface area contributed by atoms with Crippen LogP contribution in [0.25, 0.3) is 0 Å². The molecule has 1 aromatic carbocycles. The van der Waals surface area contributed by atoms with Crippen LogP contribution in [0.15, 0.2) is 18.2 Å². The molecule has 0 bridgehead atoms. The van der Waals surface area contributed by atoms with Crippen molar-refractivity contribution in [2.45, 2.75) is 12.8 Å². The minimum Gasteiger partial charge on any atom is -0.478 e. The fraction of sp³-hybridized carbons (Fsp3) is 0.429. The lowest BCUT2D eigenvalue weighted by molar-refractivity contribution is -0.129. The van der Waals surface area contributed by atoms with Crippen molar-refractivity contribution in [2.75, 3.05) is 30.4 Å². The van der Waals surface area contributed by atoms with E-state index < -0.39 is 11.4 Å². The lowest BCUT2D eigenvalue weighted by atomic mass is 9.79. The van der Waals surface area contributed by atoms with Gasteiger partial charge in [-0.05, 0) is 25.0 Å². The second-order valence-corrected chi connectivity index (χ2v) is 5.23. The first kappa shape index (κ1) is 12.9. The Balaban J connectivity index is 1.99. The van der Waals surface area contributed by atoms with Crippen molar-refractivity contribution in [3.05, 3.63) is 23.8 Å². The first-order valence-corrected chi connectivity index (χ1v) is 6.62. The molecule has 2 heterocycles. The quantitative estimate of drug-likeness (QED) is 0.724. The molecule has 3 N–H and O–H groups in total. The Kier molecular flexibility index (Phi) is 3.10. The molecule has 1 amide bonds. The Hall–Kier alpha value is -2.08. The Morgan fingerprint density at radius 2 is 2.05 bits per heavy atom. The Labute approximate surface area is 116 Å². The van der Waals surface area contributed by atoms with Gasteiger partial charge in [0.05, 0.1) is 22.4 Å². The molecule has 1 spiro atoms. The number of carbonyl (C=O) groups excluding carboxylic acids is 1. The summed E-state index contributed by atoms with van der Waals surface area (Å²) in [5, 5.41) is 15.2. The topological polar surface area (TPSA) is 87.7 Å². The minimum absolute atomic E-state index is 0.104. The SMILES string of the molecule is O=C(O)c1cccc2c1NC(=O)C1(CCOCC1)CN2. The molecule has 2 aliphatic rings. The molecule has 1 aromatic rings. The van der Waals surface area contributed by atoms with Gasteiger partial charge in [-0.2, -0.15) is 0 Å². The number of hydrogen-bond acceptors (Lipinski definition) is 4. The molecule has 0 aromatic heterocycles. The van der Waals surface area contributed by atoms with Crippen molar-refractivity contribution in [1.29, 1.82) is 0 Å². The molecule has 20 heavy (non-hydrogen) atoms. The first-order valence-electron chi connectivity index (χ1n) is 6.62. The summed E-state index contributed by atoms with van der Waals surface area (Å²) in [6.45, 7) is 1.60. The van der Waals surface area contributed by atoms with Crippen LogP contribution in [-0.4, -0.2) is 36.7 Å². The standard InChI is InChI=1S/C14H16N2O4/c17-12(18)9-2-1-3-10-11(9)16-13(19)14(8-15-10)4-6-20-7-5-14/h1-3,15H,4-8H2,(H,16,19)(H,17,18). The average Bonchev–Trinajstić information content (AvgIpc) is 2.58. The van der Waals surface area contributed by atoms with Crippen molar-refractivity contribution in [3.63, 3.8) is 0 Å². The van der Waals surface area contributed by atoms with Crippen LogP contribution in [0.5, 0.6) is 0 Å². The molecule has 1 fully saturated rings. The van der Waals surface area contributed by atoms with Crippen LogP contribution in [0, 0.1) is 5.41 Å². The number of anilines is 2. The normalized spacial score (nSPS) is 20.5. The van der Waals surface area contributed by atoms with E-state index in [0.717, 1.165) is 0 Å². The van der Waals surface area contributed by atoms with E-state index in [1.54, 1.807) is 12.1 Å². The highest BCUT2D eigenvalue weighted by Gasteiger charge is 2.42. The molecule has 1 saturated heterocycles. The third kappa shape index (κ3) is 2.02. The third-order valence-electron chi connectivity index (χ3n) is 4.08. The fourth-order valence-corrected chi connectivity index (χ4v) is 2.77. The summed E-state index contributed by atoms with van der Waals surface area (Å²) in [5.74, 6) is -1.17. The van der Waals surface area contributed by atoms with Crippen LogP contribution in [0.2, 0.25) is 0 Å². The lowest BCUT2D eigenvalue weighted by Crippen LogP contribution is -2.44. The number of rotatable bonds is 1. The zero-order chi connectivity index (χ0) is 14.2. The first-order chi connectivity index (χ1) is 9.62. The number of carbonyl (C=O) groups is 2. The van der Waals surface area contributed by atoms with Crippen LogP contribution in [0.3, 0.4) is 0 Å². The van der Waals surface area contributed by atoms with Crippen molar-refractivity contribution in [1.82, 2.24) is 0 Å². The summed E-state index contributed by atoms with van der Waals surface area (Å²) < 4.78 is 5.32. The van der Waals surface area contributed by atoms with Crippen LogP contribution in [0.1, 0.15) is 23.2 Å². The molecule has 0 aliphatic carbocycles. The van der Waals surface area contributed by atoms with Gasteiger partial charge in [-0.25, -0.2) is 4.79 Å². The fourth-order valence-electron chi connectivity index (χ4n) is 2.77. The molecule has 3 rings (SSSR count). The molecule has 0 atom stereocenters. The van der Waals surface area contributed by atoms with Crippen molar-refractivity contribution in [2.24, 2.45) is 5.41 Å². The van der Waals surface area contributed by atoms with Gasteiger partial charge in [0, 0.05) is 19.8 Å². The van der Waals surface area contributed by atoms with Crippen molar-refractivity contribution in [3.8, 4) is 0 Å². The summed E-state index contributed by atoms with van der Waals surface area (Å²) in [6.07, 6.45) is 1.28. The largest absolute Gasteiger partial charge is 0.478 e. The molecule has 0 saturated carbocycles. The molecule has 2 aliphatic heterocycles. The van der Waals surface area contributed by atoms with Crippen molar-refractivity contribution < 1.29 is 19.4 Å². The maximum atomic E-state index is 12.5. The van der Waals surface area contributed by atoms with Crippen LogP contribution >= 0.6 is 0 Å². The van der Waals surface area contributed by atoms with E-state index in [4.69, 9.17) is 4.74 Å². The second kappa shape index (κ2) is 4.79. The van der Waals surface area contributed by atoms with Gasteiger partial charge >= 0.3 is 5.97 Å². The number of para-hydroxylation sites is 1. The number of amides is 1. The second-order valence-electron chi connectivity index (χ2n) is 5.23. The number of hydrogen-bond donors (Lipinski definition) is 3. The van der Waals surface area contributed by atoms with Gasteiger partial charge in [0.2, 0.25) is 5.91 Å². The van der Waals surface area contributed by atoms with Gasteiger partial charge in [-0.15, -0.1) is 0 Å². The molecule has 106 valence electrons. The summed E-state index contributed by atoms with van der Waals surface area (Å²) in [6, 6.07) is 4.94. The predicted octanol–water partition coefficient (Wildman–Crippen LogP) is 1.55. The summed E-state index contributed by atoms with van der Waals surface area (Å²) in [4.78, 5) is 23.8. The zero-order valence-electron chi connectivity index (χ0n) is 10.9. The van der Waals surface area contributed by atoms with E-state index in [0.29, 0.717) is 44.0 Å². The van der Waals surface area contributed by atoms with Gasteiger partial charge in [0.1, 0.15) is 0 Å². The van der Waals surface area contributed by atoms with Crippen LogP contribution in [0.4, 0.5) is 11.4 Å². The zero-order valence-corrected chi connectivity index (χ0v) is 10.9. The molecule has 6 nitrogen and oxygen atoms in total. The van der Waals surface area contributed by atoms with Crippen molar-refractivity contribution >= 4 is 23.3 Å². The van der Waals surface area contributed by atoms with Gasteiger partial charge in [-0.1, -0.05) is 6.07 Å². The number of ether oxygens (including phenoxy) is 1. The van der Waals surface area contributed by atoms with E-state index in [2.05, 4.69) is 10.6 Å². The van der Waals surface area contributed by atoms with E-state index in [1.807, 2.05) is 0 Å². The Bertz CT molecular complexity index is 564. The van der Waals surface area contributed by atoms with E-state index in [1.165, 1.54) is 6.07 Å². The number of fused-ring (bicyclic) bond motifs is 1. The highest BCUT2D eigenvalue weighted by molar-refractivity contribution is 6.07. The van der Waals surface area contributed by atoms with Crippen LogP contribution < -0.4 is 10.6 Å². The molecule has 0 radical (unpaired) electrons. The predicted molar refractivity (Wildman–Crippen MR) is 73.0 cm³/mol. The number of carboxylic acids is 1. The Morgan fingerprint density at radius 1 is 1.30 bits per heavy atom. The maximum absolute atomic E-state index is 12.5. The molecule has 0 unspecified atom stereocenters. The van der Waals surface area contributed by atoms with Gasteiger partial charge < -0.3 is 20.5 Å². The maximum Gasteiger partial charge on any atom is 0.337 e. The highest BCUT2D eigenvalue weighted by atomic mass is 16.5. The molecular formula is C14H16N2O4. The van der Waals surface area contributed by atoms with Gasteiger partial charge in [-0.3, -0.25) is 4.79 Å². The molecule has 6 heteroatoms. The lowest BCUT2D eigenvalue weighted by Gasteiger charge is -2.34. The van der Waals surface area contributed by atoms with Gasteiger partial charge in [0.15, 0.2) is 0 Å². The van der Waals surface area contributed by atoms with Gasteiger partial charge in [0.25, 0.3) is 0 Å². The number of carboxylic acid groups (broad SMARTS) is 1. The summed E-state index contributed by atoms with van der Waals surface area (Å²) in [5.41, 5.74) is 0.593. The Morgan fingerprint density at radius 3 is 2.75 bits per heavy atom. The van der Waals surface area contributed by atoms with E-state index in [9.17, 15) is 14.7 Å². The highest BCUT2D eigenvalue weighted by Crippen LogP contribution is 2.38.